The van der Waals surface area contributed by atoms with Crippen molar-refractivity contribution in [3.8, 4) is 5.69 Å². The first kappa shape index (κ1) is 17.5. The van der Waals surface area contributed by atoms with Crippen LogP contribution in [-0.2, 0) is 16.1 Å². The van der Waals surface area contributed by atoms with Crippen molar-refractivity contribution in [3.63, 3.8) is 0 Å². The molecule has 0 aliphatic heterocycles. The highest BCUT2D eigenvalue weighted by atomic mass is 16.5. The Labute approximate surface area is 152 Å². The Kier molecular flexibility index (Phi) is 5.49. The third-order valence-electron chi connectivity index (χ3n) is 3.95. The second-order valence-corrected chi connectivity index (χ2v) is 5.89. The number of ether oxygens (including phenoxy) is 1. The van der Waals surface area contributed by atoms with Crippen LogP contribution in [0.4, 0.5) is 0 Å². The van der Waals surface area contributed by atoms with Gasteiger partial charge in [-0.15, -0.1) is 0 Å². The summed E-state index contributed by atoms with van der Waals surface area (Å²) in [6, 6.07) is 20.5. The predicted octanol–water partition coefficient (Wildman–Crippen LogP) is 3.34. The summed E-state index contributed by atoms with van der Waals surface area (Å²) >= 11 is 0. The van der Waals surface area contributed by atoms with Crippen molar-refractivity contribution in [2.24, 2.45) is 0 Å². The number of hydrogen-bond acceptors (Lipinski definition) is 3. The van der Waals surface area contributed by atoms with Gasteiger partial charge in [0.15, 0.2) is 6.10 Å². The number of nitrogens with one attached hydrogen (secondary N) is 1. The number of amides is 1. The van der Waals surface area contributed by atoms with Gasteiger partial charge in [0.1, 0.15) is 0 Å². The molecule has 0 radical (unpaired) electrons. The Morgan fingerprint density at radius 3 is 2.46 bits per heavy atom. The van der Waals surface area contributed by atoms with Crippen molar-refractivity contribution < 1.29 is 14.3 Å². The van der Waals surface area contributed by atoms with Gasteiger partial charge in [0.25, 0.3) is 5.91 Å². The molecule has 0 saturated heterocycles. The van der Waals surface area contributed by atoms with E-state index in [1.54, 1.807) is 25.1 Å². The van der Waals surface area contributed by atoms with E-state index in [0.29, 0.717) is 12.1 Å². The van der Waals surface area contributed by atoms with E-state index in [1.807, 2.05) is 65.5 Å². The molecule has 5 heteroatoms. The van der Waals surface area contributed by atoms with E-state index in [-0.39, 0.29) is 5.91 Å². The lowest BCUT2D eigenvalue weighted by Gasteiger charge is -2.14. The minimum absolute atomic E-state index is 0.330. The van der Waals surface area contributed by atoms with Crippen LogP contribution in [0, 0.1) is 0 Å². The molecule has 1 unspecified atom stereocenters. The largest absolute Gasteiger partial charge is 0.449 e. The Morgan fingerprint density at radius 2 is 1.73 bits per heavy atom. The average Bonchev–Trinajstić information content (AvgIpc) is 3.22. The monoisotopic (exact) mass is 348 g/mol. The summed E-state index contributed by atoms with van der Waals surface area (Å²) in [4.78, 5) is 24.5. The molecular formula is C21H20N2O3. The minimum Gasteiger partial charge on any atom is -0.449 e. The van der Waals surface area contributed by atoms with Gasteiger partial charge < -0.3 is 14.6 Å². The van der Waals surface area contributed by atoms with Crippen molar-refractivity contribution in [1.82, 2.24) is 9.88 Å². The van der Waals surface area contributed by atoms with Gasteiger partial charge >= 0.3 is 5.97 Å². The standard InChI is InChI=1S/C21H20N2O3/c1-16(20(24)22-15-17-8-3-2-4-9-17)26-21(25)18-10-7-11-19(14-18)23-12-5-6-13-23/h2-14,16H,15H2,1H3,(H,22,24). The minimum atomic E-state index is -0.874. The van der Waals surface area contributed by atoms with E-state index in [9.17, 15) is 9.59 Å². The zero-order valence-corrected chi connectivity index (χ0v) is 14.5. The van der Waals surface area contributed by atoms with Crippen molar-refractivity contribution in [3.05, 3.63) is 90.3 Å². The zero-order chi connectivity index (χ0) is 18.4. The van der Waals surface area contributed by atoms with Crippen molar-refractivity contribution >= 4 is 11.9 Å². The summed E-state index contributed by atoms with van der Waals surface area (Å²) in [6.07, 6.45) is 2.91. The van der Waals surface area contributed by atoms with Crippen LogP contribution in [0.3, 0.4) is 0 Å². The SMILES string of the molecule is CC(OC(=O)c1cccc(-n2cccc2)c1)C(=O)NCc1ccccc1. The number of rotatable bonds is 6. The van der Waals surface area contributed by atoms with Gasteiger partial charge in [0.2, 0.25) is 0 Å². The fraction of sp³-hybridized carbons (Fsp3) is 0.143. The van der Waals surface area contributed by atoms with Gasteiger partial charge in [-0.3, -0.25) is 4.79 Å². The van der Waals surface area contributed by atoms with Gasteiger partial charge in [0, 0.05) is 24.6 Å². The molecule has 132 valence electrons. The second-order valence-electron chi connectivity index (χ2n) is 5.89. The molecule has 0 fully saturated rings. The predicted molar refractivity (Wildman–Crippen MR) is 98.9 cm³/mol. The molecule has 0 spiro atoms. The lowest BCUT2D eigenvalue weighted by molar-refractivity contribution is -0.129. The molecule has 0 aliphatic carbocycles. The van der Waals surface area contributed by atoms with Crippen LogP contribution in [0.25, 0.3) is 5.69 Å². The van der Waals surface area contributed by atoms with Crippen LogP contribution in [0.5, 0.6) is 0 Å². The van der Waals surface area contributed by atoms with Gasteiger partial charge in [-0.1, -0.05) is 36.4 Å². The maximum absolute atomic E-state index is 12.3. The molecule has 1 atom stereocenters. The summed E-state index contributed by atoms with van der Waals surface area (Å²) in [5.41, 5.74) is 2.24. The first-order valence-electron chi connectivity index (χ1n) is 8.39. The molecule has 2 aromatic carbocycles. The summed E-state index contributed by atoms with van der Waals surface area (Å²) in [7, 11) is 0. The molecular weight excluding hydrogens is 328 g/mol. The number of hydrogen-bond donors (Lipinski definition) is 1. The van der Waals surface area contributed by atoms with Crippen LogP contribution in [0.2, 0.25) is 0 Å². The molecule has 3 rings (SSSR count). The Balaban J connectivity index is 1.58. The molecule has 1 aromatic heterocycles. The maximum atomic E-state index is 12.3. The molecule has 1 heterocycles. The molecule has 26 heavy (non-hydrogen) atoms. The highest BCUT2D eigenvalue weighted by molar-refractivity contribution is 5.92. The molecule has 1 amide bonds. The topological polar surface area (TPSA) is 60.3 Å². The number of esters is 1. The van der Waals surface area contributed by atoms with Crippen LogP contribution < -0.4 is 5.32 Å². The van der Waals surface area contributed by atoms with E-state index in [0.717, 1.165) is 11.3 Å². The fourth-order valence-electron chi connectivity index (χ4n) is 2.51. The van der Waals surface area contributed by atoms with Gasteiger partial charge in [0.05, 0.1) is 5.56 Å². The van der Waals surface area contributed by atoms with E-state index >= 15 is 0 Å². The second kappa shape index (κ2) is 8.16. The highest BCUT2D eigenvalue weighted by Crippen LogP contribution is 2.13. The van der Waals surface area contributed by atoms with Crippen LogP contribution in [0.15, 0.2) is 79.1 Å². The summed E-state index contributed by atoms with van der Waals surface area (Å²) in [5, 5.41) is 2.77. The van der Waals surface area contributed by atoms with Gasteiger partial charge in [-0.05, 0) is 42.8 Å². The molecule has 5 nitrogen and oxygen atoms in total. The fourth-order valence-corrected chi connectivity index (χ4v) is 2.51. The number of carbonyl (C=O) groups excluding carboxylic acids is 2. The molecule has 1 N–H and O–H groups in total. The number of carbonyl (C=O) groups is 2. The van der Waals surface area contributed by atoms with Gasteiger partial charge in [-0.2, -0.15) is 0 Å². The lowest BCUT2D eigenvalue weighted by Crippen LogP contribution is -2.35. The summed E-state index contributed by atoms with van der Waals surface area (Å²) < 4.78 is 7.19. The third-order valence-corrected chi connectivity index (χ3v) is 3.95. The third kappa shape index (κ3) is 4.39. The normalized spacial score (nSPS) is 11.6. The summed E-state index contributed by atoms with van der Waals surface area (Å²) in [6.45, 7) is 1.96. The maximum Gasteiger partial charge on any atom is 0.338 e. The molecule has 0 aliphatic rings. The van der Waals surface area contributed by atoms with E-state index in [2.05, 4.69) is 5.32 Å². The number of nitrogens with zero attached hydrogens (tertiary/aromatic N) is 1. The smallest absolute Gasteiger partial charge is 0.338 e. The Hall–Kier alpha value is -3.34. The highest BCUT2D eigenvalue weighted by Gasteiger charge is 2.19. The molecule has 3 aromatic rings. The zero-order valence-electron chi connectivity index (χ0n) is 14.5. The van der Waals surface area contributed by atoms with Gasteiger partial charge in [-0.25, -0.2) is 4.79 Å². The Bertz CT molecular complexity index is 873. The van der Waals surface area contributed by atoms with E-state index < -0.39 is 12.1 Å². The van der Waals surface area contributed by atoms with Crippen molar-refractivity contribution in [2.75, 3.05) is 0 Å². The van der Waals surface area contributed by atoms with E-state index in [1.165, 1.54) is 0 Å². The van der Waals surface area contributed by atoms with Crippen molar-refractivity contribution in [2.45, 2.75) is 19.6 Å². The van der Waals surface area contributed by atoms with Crippen LogP contribution in [0.1, 0.15) is 22.8 Å². The molecule has 0 saturated carbocycles. The lowest BCUT2D eigenvalue weighted by atomic mass is 10.2. The van der Waals surface area contributed by atoms with Crippen molar-refractivity contribution in [1.29, 1.82) is 0 Å². The van der Waals surface area contributed by atoms with Crippen LogP contribution >= 0.6 is 0 Å². The first-order valence-corrected chi connectivity index (χ1v) is 8.39. The first-order chi connectivity index (χ1) is 12.6. The quantitative estimate of drug-likeness (QED) is 0.695. The average molecular weight is 348 g/mol. The molecule has 0 bridgehead atoms. The van der Waals surface area contributed by atoms with Crippen LogP contribution in [-0.4, -0.2) is 22.5 Å². The number of aromatic nitrogens is 1. The number of benzene rings is 2. The Morgan fingerprint density at radius 1 is 1.00 bits per heavy atom. The van der Waals surface area contributed by atoms with E-state index in [4.69, 9.17) is 4.74 Å². The summed E-state index contributed by atoms with van der Waals surface area (Å²) in [5.74, 6) is -0.856.